The van der Waals surface area contributed by atoms with Gasteiger partial charge in [-0.2, -0.15) is 0 Å². The minimum Gasteiger partial charge on any atom is -0.369 e. The standard InChI is InChI=1S/C19H19N3OS/c1-22(18-12-5-8-14-7-3-4-11-17(14)18)19(20)21-15-9-6-10-16(13-15)24(2)23/h3-13H,1-2H3,(H2,20,21). The highest BCUT2D eigenvalue weighted by atomic mass is 32.2. The largest absolute Gasteiger partial charge is 0.369 e. The Morgan fingerprint density at radius 1 is 1.04 bits per heavy atom. The number of hydrogen-bond donors (Lipinski definition) is 1. The zero-order chi connectivity index (χ0) is 17.1. The van der Waals surface area contributed by atoms with Crippen LogP contribution >= 0.6 is 0 Å². The first kappa shape index (κ1) is 16.2. The lowest BCUT2D eigenvalue weighted by molar-refractivity contribution is 0.687. The predicted octanol–water partition coefficient (Wildman–Crippen LogP) is 3.66. The van der Waals surface area contributed by atoms with Crippen LogP contribution < -0.4 is 10.6 Å². The van der Waals surface area contributed by atoms with E-state index in [4.69, 9.17) is 5.73 Å². The molecule has 0 aliphatic heterocycles. The van der Waals surface area contributed by atoms with Crippen LogP contribution in [0.5, 0.6) is 0 Å². The number of nitrogens with two attached hydrogens (primary N) is 1. The monoisotopic (exact) mass is 337 g/mol. The summed E-state index contributed by atoms with van der Waals surface area (Å²) in [4.78, 5) is 7.06. The fraction of sp³-hybridized carbons (Fsp3) is 0.105. The molecule has 24 heavy (non-hydrogen) atoms. The quantitative estimate of drug-likeness (QED) is 0.586. The van der Waals surface area contributed by atoms with Gasteiger partial charge in [-0.1, -0.05) is 42.5 Å². The van der Waals surface area contributed by atoms with Crippen LogP contribution in [0.3, 0.4) is 0 Å². The van der Waals surface area contributed by atoms with E-state index in [-0.39, 0.29) is 0 Å². The Morgan fingerprint density at radius 3 is 2.54 bits per heavy atom. The molecule has 0 spiro atoms. The van der Waals surface area contributed by atoms with Crippen molar-refractivity contribution in [2.75, 3.05) is 18.2 Å². The molecule has 3 rings (SSSR count). The molecule has 122 valence electrons. The van der Waals surface area contributed by atoms with Crippen LogP contribution in [0.4, 0.5) is 11.4 Å². The van der Waals surface area contributed by atoms with Crippen molar-refractivity contribution in [3.8, 4) is 0 Å². The molecule has 0 aromatic heterocycles. The van der Waals surface area contributed by atoms with Crippen molar-refractivity contribution in [1.82, 2.24) is 0 Å². The first-order valence-corrected chi connectivity index (χ1v) is 9.11. The molecule has 5 heteroatoms. The lowest BCUT2D eigenvalue weighted by Gasteiger charge is -2.20. The highest BCUT2D eigenvalue weighted by Crippen LogP contribution is 2.26. The molecule has 0 amide bonds. The van der Waals surface area contributed by atoms with Gasteiger partial charge in [-0.15, -0.1) is 0 Å². The van der Waals surface area contributed by atoms with Crippen LogP contribution in [-0.2, 0) is 10.8 Å². The molecule has 0 saturated carbocycles. The van der Waals surface area contributed by atoms with Gasteiger partial charge in [0.15, 0.2) is 0 Å². The molecule has 0 radical (unpaired) electrons. The molecule has 1 atom stereocenters. The van der Waals surface area contributed by atoms with E-state index >= 15 is 0 Å². The van der Waals surface area contributed by atoms with Gasteiger partial charge in [0.25, 0.3) is 0 Å². The van der Waals surface area contributed by atoms with E-state index in [9.17, 15) is 4.21 Å². The molecule has 3 aromatic carbocycles. The summed E-state index contributed by atoms with van der Waals surface area (Å²) in [5.41, 5.74) is 7.88. The van der Waals surface area contributed by atoms with Gasteiger partial charge in [0.1, 0.15) is 0 Å². The Kier molecular flexibility index (Phi) is 4.62. The summed E-state index contributed by atoms with van der Waals surface area (Å²) >= 11 is 0. The second kappa shape index (κ2) is 6.84. The molecular formula is C19H19N3OS. The summed E-state index contributed by atoms with van der Waals surface area (Å²) in [5.74, 6) is 0.380. The number of nitrogens with zero attached hydrogens (tertiary/aromatic N) is 2. The zero-order valence-electron chi connectivity index (χ0n) is 13.6. The third-order valence-electron chi connectivity index (χ3n) is 3.86. The summed E-state index contributed by atoms with van der Waals surface area (Å²) in [7, 11) is 0.848. The first-order valence-electron chi connectivity index (χ1n) is 7.55. The lowest BCUT2D eigenvalue weighted by Crippen LogP contribution is -2.33. The fourth-order valence-electron chi connectivity index (χ4n) is 2.56. The van der Waals surface area contributed by atoms with Gasteiger partial charge in [-0.3, -0.25) is 4.21 Å². The van der Waals surface area contributed by atoms with Gasteiger partial charge in [-0.25, -0.2) is 4.99 Å². The van der Waals surface area contributed by atoms with Gasteiger partial charge in [0, 0.05) is 34.4 Å². The number of benzene rings is 3. The Hall–Kier alpha value is -2.66. The Balaban J connectivity index is 1.98. The van der Waals surface area contributed by atoms with Crippen LogP contribution in [0.2, 0.25) is 0 Å². The minimum absolute atomic E-state index is 0.380. The SMILES string of the molecule is CN(C(N)=Nc1cccc(S(C)=O)c1)c1cccc2ccccc12. The smallest absolute Gasteiger partial charge is 0.200 e. The van der Waals surface area contributed by atoms with Gasteiger partial charge in [0.05, 0.1) is 11.4 Å². The Bertz CT molecular complexity index is 931. The molecule has 3 aromatic rings. The summed E-state index contributed by atoms with van der Waals surface area (Å²) in [6, 6.07) is 21.5. The van der Waals surface area contributed by atoms with E-state index in [1.54, 1.807) is 12.3 Å². The fourth-order valence-corrected chi connectivity index (χ4v) is 3.12. The number of rotatable bonds is 3. The molecule has 4 nitrogen and oxygen atoms in total. The Labute approximate surface area is 144 Å². The first-order chi connectivity index (χ1) is 11.6. The highest BCUT2D eigenvalue weighted by molar-refractivity contribution is 7.84. The molecule has 0 saturated heterocycles. The normalized spacial score (nSPS) is 13.0. The van der Waals surface area contributed by atoms with Crippen molar-refractivity contribution in [2.45, 2.75) is 4.90 Å². The summed E-state index contributed by atoms with van der Waals surface area (Å²) < 4.78 is 11.6. The second-order valence-electron chi connectivity index (χ2n) is 5.48. The highest BCUT2D eigenvalue weighted by Gasteiger charge is 2.09. The second-order valence-corrected chi connectivity index (χ2v) is 6.86. The predicted molar refractivity (Wildman–Crippen MR) is 102 cm³/mol. The number of aliphatic imine (C=N–C) groups is 1. The lowest BCUT2D eigenvalue weighted by atomic mass is 10.1. The van der Waals surface area contributed by atoms with Crippen molar-refractivity contribution in [3.63, 3.8) is 0 Å². The molecule has 0 heterocycles. The van der Waals surface area contributed by atoms with Crippen LogP contribution in [0.15, 0.2) is 76.6 Å². The van der Waals surface area contributed by atoms with Gasteiger partial charge >= 0.3 is 0 Å². The molecule has 0 aliphatic carbocycles. The van der Waals surface area contributed by atoms with E-state index < -0.39 is 10.8 Å². The number of guanidine groups is 1. The minimum atomic E-state index is -1.04. The van der Waals surface area contributed by atoms with E-state index in [0.717, 1.165) is 21.4 Å². The molecule has 0 aliphatic rings. The van der Waals surface area contributed by atoms with Crippen LogP contribution in [-0.4, -0.2) is 23.5 Å². The number of anilines is 1. The van der Waals surface area contributed by atoms with E-state index in [2.05, 4.69) is 23.2 Å². The molecule has 0 bridgehead atoms. The zero-order valence-corrected chi connectivity index (χ0v) is 14.5. The molecule has 0 fully saturated rings. The molecular weight excluding hydrogens is 318 g/mol. The number of hydrogen-bond acceptors (Lipinski definition) is 2. The van der Waals surface area contributed by atoms with E-state index in [1.807, 2.05) is 54.4 Å². The van der Waals surface area contributed by atoms with E-state index in [0.29, 0.717) is 11.6 Å². The topological polar surface area (TPSA) is 58.7 Å². The average molecular weight is 337 g/mol. The third kappa shape index (κ3) is 3.31. The summed E-state index contributed by atoms with van der Waals surface area (Å²) in [5, 5.41) is 2.27. The van der Waals surface area contributed by atoms with Crippen molar-refractivity contribution in [2.24, 2.45) is 10.7 Å². The van der Waals surface area contributed by atoms with Gasteiger partial charge < -0.3 is 10.6 Å². The van der Waals surface area contributed by atoms with Crippen LogP contribution in [0.1, 0.15) is 0 Å². The molecule has 2 N–H and O–H groups in total. The molecule has 1 unspecified atom stereocenters. The van der Waals surface area contributed by atoms with Gasteiger partial charge in [0.2, 0.25) is 5.96 Å². The van der Waals surface area contributed by atoms with Crippen molar-refractivity contribution >= 4 is 38.9 Å². The van der Waals surface area contributed by atoms with Crippen molar-refractivity contribution < 1.29 is 4.21 Å². The van der Waals surface area contributed by atoms with E-state index in [1.165, 1.54) is 0 Å². The van der Waals surface area contributed by atoms with Crippen molar-refractivity contribution in [3.05, 3.63) is 66.7 Å². The maximum Gasteiger partial charge on any atom is 0.200 e. The van der Waals surface area contributed by atoms with Crippen LogP contribution in [0, 0.1) is 0 Å². The third-order valence-corrected chi connectivity index (χ3v) is 4.78. The van der Waals surface area contributed by atoms with Crippen LogP contribution in [0.25, 0.3) is 10.8 Å². The van der Waals surface area contributed by atoms with Gasteiger partial charge in [-0.05, 0) is 29.7 Å². The van der Waals surface area contributed by atoms with Crippen molar-refractivity contribution in [1.29, 1.82) is 0 Å². The maximum atomic E-state index is 11.6. The Morgan fingerprint density at radius 2 is 1.75 bits per heavy atom. The summed E-state index contributed by atoms with van der Waals surface area (Å²) in [6.07, 6.45) is 1.65. The number of fused-ring (bicyclic) bond motifs is 1. The maximum absolute atomic E-state index is 11.6. The summed E-state index contributed by atoms with van der Waals surface area (Å²) in [6.45, 7) is 0. The average Bonchev–Trinajstić information content (AvgIpc) is 2.60.